The summed E-state index contributed by atoms with van der Waals surface area (Å²) in [5.74, 6) is 0.972. The van der Waals surface area contributed by atoms with Crippen LogP contribution in [0.2, 0.25) is 0 Å². The van der Waals surface area contributed by atoms with Gasteiger partial charge in [0.25, 0.3) is 0 Å². The first-order valence-corrected chi connectivity index (χ1v) is 10.6. The molecule has 0 aliphatic rings. The number of fused-ring (bicyclic) bond motifs is 2. The molecule has 0 spiro atoms. The van der Waals surface area contributed by atoms with E-state index >= 15 is 0 Å². The molecular formula is C24H30N4. The van der Waals surface area contributed by atoms with Gasteiger partial charge in [0, 0.05) is 30.2 Å². The minimum absolute atomic E-state index is 0.768. The number of para-hydroxylation sites is 3. The van der Waals surface area contributed by atoms with Crippen molar-refractivity contribution >= 4 is 27.9 Å². The number of hydrogen-bond acceptors (Lipinski definition) is 2. The van der Waals surface area contributed by atoms with Crippen molar-refractivity contribution < 1.29 is 0 Å². The summed E-state index contributed by atoms with van der Waals surface area (Å²) < 4.78 is 2.35. The first-order chi connectivity index (χ1) is 13.9. The number of benzene rings is 2. The summed E-state index contributed by atoms with van der Waals surface area (Å²) in [6, 6.07) is 16.9. The molecule has 0 atom stereocenters. The van der Waals surface area contributed by atoms with E-state index in [0.717, 1.165) is 24.6 Å². The molecule has 146 valence electrons. The van der Waals surface area contributed by atoms with Crippen LogP contribution in [0.25, 0.3) is 21.9 Å². The molecule has 2 aromatic heterocycles. The highest BCUT2D eigenvalue weighted by Crippen LogP contribution is 2.23. The van der Waals surface area contributed by atoms with Gasteiger partial charge in [-0.15, -0.1) is 0 Å². The molecule has 4 rings (SSSR count). The number of unbranched alkanes of at least 4 members (excludes halogenated alkanes) is 5. The van der Waals surface area contributed by atoms with Crippen molar-refractivity contribution in [3.05, 3.63) is 60.3 Å². The molecule has 0 aliphatic carbocycles. The molecule has 0 unspecified atom stereocenters. The second kappa shape index (κ2) is 8.96. The zero-order valence-corrected chi connectivity index (χ0v) is 16.7. The maximum absolute atomic E-state index is 4.86. The average molecular weight is 375 g/mol. The van der Waals surface area contributed by atoms with E-state index in [4.69, 9.17) is 4.98 Å². The monoisotopic (exact) mass is 374 g/mol. The number of nitrogens with one attached hydrogen (secondary N) is 2. The van der Waals surface area contributed by atoms with Crippen LogP contribution >= 0.6 is 0 Å². The second-order valence-corrected chi connectivity index (χ2v) is 7.56. The fraction of sp³-hybridized carbons (Fsp3) is 0.375. The minimum atomic E-state index is 0.768. The van der Waals surface area contributed by atoms with Crippen molar-refractivity contribution in [1.82, 2.24) is 14.5 Å². The second-order valence-electron chi connectivity index (χ2n) is 7.56. The molecule has 0 amide bonds. The number of H-pyrrole nitrogens is 1. The van der Waals surface area contributed by atoms with Gasteiger partial charge < -0.3 is 14.9 Å². The molecule has 2 heterocycles. The topological polar surface area (TPSA) is 45.6 Å². The van der Waals surface area contributed by atoms with E-state index in [1.54, 1.807) is 0 Å². The Bertz CT molecular complexity index is 1030. The highest BCUT2D eigenvalue weighted by atomic mass is 15.2. The first kappa shape index (κ1) is 18.6. The Morgan fingerprint density at radius 2 is 1.71 bits per heavy atom. The Kier molecular flexibility index (Phi) is 5.95. The van der Waals surface area contributed by atoms with Crippen LogP contribution < -0.4 is 5.32 Å². The van der Waals surface area contributed by atoms with Gasteiger partial charge in [0.05, 0.1) is 11.0 Å². The summed E-state index contributed by atoms with van der Waals surface area (Å²) in [6.45, 7) is 4.05. The van der Waals surface area contributed by atoms with Crippen molar-refractivity contribution in [2.75, 3.05) is 5.32 Å². The predicted octanol–water partition coefficient (Wildman–Crippen LogP) is 6.49. The minimum Gasteiger partial charge on any atom is -0.361 e. The molecule has 0 saturated carbocycles. The number of aryl methyl sites for hydroxylation is 1. The SMILES string of the molecule is CCCCCCCCn1c(NCc2c[nH]c3ccccc23)nc2ccccc21. The standard InChI is InChI=1S/C24H30N4/c1-2-3-4-5-6-11-16-28-23-15-10-9-14-22(23)27-24(28)26-18-19-17-25-21-13-8-7-12-20(19)21/h7-10,12-15,17,25H,2-6,11,16,18H2,1H3,(H,26,27). The molecule has 0 fully saturated rings. The first-order valence-electron chi connectivity index (χ1n) is 10.6. The van der Waals surface area contributed by atoms with Crippen molar-refractivity contribution in [1.29, 1.82) is 0 Å². The van der Waals surface area contributed by atoms with Crippen LogP contribution in [0.15, 0.2) is 54.7 Å². The fourth-order valence-corrected chi connectivity index (χ4v) is 3.94. The van der Waals surface area contributed by atoms with Crippen LogP contribution in [-0.2, 0) is 13.1 Å². The van der Waals surface area contributed by atoms with Gasteiger partial charge in [0.2, 0.25) is 5.95 Å². The lowest BCUT2D eigenvalue weighted by Gasteiger charge is -2.11. The van der Waals surface area contributed by atoms with Gasteiger partial charge >= 0.3 is 0 Å². The number of aromatic amines is 1. The van der Waals surface area contributed by atoms with Gasteiger partial charge in [0.1, 0.15) is 0 Å². The molecule has 28 heavy (non-hydrogen) atoms. The van der Waals surface area contributed by atoms with Gasteiger partial charge in [-0.2, -0.15) is 0 Å². The van der Waals surface area contributed by atoms with Crippen LogP contribution in [0.5, 0.6) is 0 Å². The predicted molar refractivity (Wildman–Crippen MR) is 119 cm³/mol. The number of rotatable bonds is 10. The zero-order chi connectivity index (χ0) is 19.2. The average Bonchev–Trinajstić information content (AvgIpc) is 3.30. The Labute approximate surface area is 167 Å². The van der Waals surface area contributed by atoms with Gasteiger partial charge in [-0.1, -0.05) is 69.4 Å². The van der Waals surface area contributed by atoms with Crippen molar-refractivity contribution in [3.63, 3.8) is 0 Å². The lowest BCUT2D eigenvalue weighted by molar-refractivity contribution is 0.565. The van der Waals surface area contributed by atoms with Gasteiger partial charge in [-0.3, -0.25) is 0 Å². The van der Waals surface area contributed by atoms with Crippen LogP contribution in [0.4, 0.5) is 5.95 Å². The molecule has 0 bridgehead atoms. The van der Waals surface area contributed by atoms with Crippen molar-refractivity contribution in [2.24, 2.45) is 0 Å². The maximum Gasteiger partial charge on any atom is 0.204 e. The van der Waals surface area contributed by atoms with E-state index in [1.165, 1.54) is 60.5 Å². The zero-order valence-electron chi connectivity index (χ0n) is 16.7. The Balaban J connectivity index is 1.48. The lowest BCUT2D eigenvalue weighted by atomic mass is 10.1. The van der Waals surface area contributed by atoms with Gasteiger partial charge in [-0.25, -0.2) is 4.98 Å². The van der Waals surface area contributed by atoms with E-state index in [1.807, 2.05) is 0 Å². The van der Waals surface area contributed by atoms with Crippen LogP contribution in [0.1, 0.15) is 51.0 Å². The van der Waals surface area contributed by atoms with E-state index in [-0.39, 0.29) is 0 Å². The number of hydrogen-bond donors (Lipinski definition) is 2. The summed E-state index contributed by atoms with van der Waals surface area (Å²) >= 11 is 0. The molecule has 4 heteroatoms. The third-order valence-electron chi connectivity index (χ3n) is 5.50. The highest BCUT2D eigenvalue weighted by molar-refractivity contribution is 5.83. The van der Waals surface area contributed by atoms with E-state index in [2.05, 4.69) is 76.5 Å². The number of imidazole rings is 1. The quantitative estimate of drug-likeness (QED) is 0.312. The van der Waals surface area contributed by atoms with Gasteiger partial charge in [-0.05, 0) is 30.2 Å². The molecular weight excluding hydrogens is 344 g/mol. The molecule has 4 aromatic rings. The number of anilines is 1. The molecule has 0 radical (unpaired) electrons. The molecule has 2 aromatic carbocycles. The Hall–Kier alpha value is -2.75. The van der Waals surface area contributed by atoms with Crippen LogP contribution in [-0.4, -0.2) is 14.5 Å². The van der Waals surface area contributed by atoms with E-state index < -0.39 is 0 Å². The molecule has 2 N–H and O–H groups in total. The Morgan fingerprint density at radius 3 is 2.64 bits per heavy atom. The summed E-state index contributed by atoms with van der Waals surface area (Å²) in [6.07, 6.45) is 9.92. The van der Waals surface area contributed by atoms with Crippen LogP contribution in [0.3, 0.4) is 0 Å². The maximum atomic E-state index is 4.86. The normalized spacial score (nSPS) is 11.5. The number of nitrogens with zero attached hydrogens (tertiary/aromatic N) is 2. The molecule has 0 saturated heterocycles. The summed E-state index contributed by atoms with van der Waals surface area (Å²) in [5, 5.41) is 4.86. The summed E-state index contributed by atoms with van der Waals surface area (Å²) in [4.78, 5) is 8.22. The Morgan fingerprint density at radius 1 is 0.929 bits per heavy atom. The largest absolute Gasteiger partial charge is 0.361 e. The van der Waals surface area contributed by atoms with E-state index in [9.17, 15) is 0 Å². The van der Waals surface area contributed by atoms with Gasteiger partial charge in [0.15, 0.2) is 0 Å². The van der Waals surface area contributed by atoms with E-state index in [0.29, 0.717) is 0 Å². The smallest absolute Gasteiger partial charge is 0.204 e. The number of aromatic nitrogens is 3. The summed E-state index contributed by atoms with van der Waals surface area (Å²) in [7, 11) is 0. The highest BCUT2D eigenvalue weighted by Gasteiger charge is 2.11. The third-order valence-corrected chi connectivity index (χ3v) is 5.50. The van der Waals surface area contributed by atoms with Crippen molar-refractivity contribution in [3.8, 4) is 0 Å². The van der Waals surface area contributed by atoms with Crippen molar-refractivity contribution in [2.45, 2.75) is 58.5 Å². The third kappa shape index (κ3) is 4.06. The summed E-state index contributed by atoms with van der Waals surface area (Å²) in [5.41, 5.74) is 4.74. The molecule has 0 aliphatic heterocycles. The fourth-order valence-electron chi connectivity index (χ4n) is 3.94. The lowest BCUT2D eigenvalue weighted by Crippen LogP contribution is -2.08. The molecule has 4 nitrogen and oxygen atoms in total. The van der Waals surface area contributed by atoms with Crippen LogP contribution in [0, 0.1) is 0 Å².